The summed E-state index contributed by atoms with van der Waals surface area (Å²) in [7, 11) is 1.38. The van der Waals surface area contributed by atoms with Crippen LogP contribution >= 0.6 is 11.8 Å². The van der Waals surface area contributed by atoms with Gasteiger partial charge in [-0.25, -0.2) is 4.79 Å². The van der Waals surface area contributed by atoms with E-state index in [1.54, 1.807) is 17.8 Å². The number of aliphatic imine (C=N–C) groups is 1. The van der Waals surface area contributed by atoms with Crippen LogP contribution in [0.5, 0.6) is 0 Å². The average molecular weight is 375 g/mol. The zero-order chi connectivity index (χ0) is 19.2. The lowest BCUT2D eigenvalue weighted by Gasteiger charge is -2.06. The highest BCUT2D eigenvalue weighted by molar-refractivity contribution is 7.99. The van der Waals surface area contributed by atoms with E-state index in [2.05, 4.69) is 48.3 Å². The summed E-state index contributed by atoms with van der Waals surface area (Å²) < 4.78 is 4.81. The predicted molar refractivity (Wildman–Crippen MR) is 112 cm³/mol. The van der Waals surface area contributed by atoms with Crippen molar-refractivity contribution in [3.63, 3.8) is 0 Å². The van der Waals surface area contributed by atoms with Gasteiger partial charge in [0.1, 0.15) is 0 Å². The summed E-state index contributed by atoms with van der Waals surface area (Å²) in [5.74, 6) is -0.345. The Kier molecular flexibility index (Phi) is 6.09. The van der Waals surface area contributed by atoms with Gasteiger partial charge in [-0.05, 0) is 61.4 Å². The molecule has 3 aromatic rings. The lowest BCUT2D eigenvalue weighted by Crippen LogP contribution is -2.03. The second-order valence-corrected chi connectivity index (χ2v) is 7.33. The minimum Gasteiger partial charge on any atom is -0.465 e. The molecule has 136 valence electrons. The molecule has 0 aliphatic heterocycles. The Morgan fingerprint density at radius 1 is 0.926 bits per heavy atom. The van der Waals surface area contributed by atoms with Crippen molar-refractivity contribution < 1.29 is 9.53 Å². The number of carbonyl (C=O) groups is 1. The summed E-state index contributed by atoms with van der Waals surface area (Å²) >= 11 is 1.73. The Hall–Kier alpha value is -2.85. The van der Waals surface area contributed by atoms with Crippen molar-refractivity contribution in [3.05, 3.63) is 89.0 Å². The van der Waals surface area contributed by atoms with Crippen molar-refractivity contribution in [2.24, 2.45) is 4.99 Å². The van der Waals surface area contributed by atoms with Crippen LogP contribution in [-0.4, -0.2) is 19.3 Å². The van der Waals surface area contributed by atoms with E-state index in [1.165, 1.54) is 22.5 Å². The molecule has 3 nitrogen and oxygen atoms in total. The van der Waals surface area contributed by atoms with Crippen LogP contribution in [0.15, 0.2) is 81.5 Å². The Labute approximate surface area is 164 Å². The normalized spacial score (nSPS) is 10.9. The molecule has 0 heterocycles. The fourth-order valence-corrected chi connectivity index (χ4v) is 3.42. The third-order valence-electron chi connectivity index (χ3n) is 4.20. The maximum absolute atomic E-state index is 11.8. The maximum atomic E-state index is 11.8. The van der Waals surface area contributed by atoms with E-state index in [0.717, 1.165) is 16.8 Å². The number of ether oxygens (including phenoxy) is 1. The first-order valence-corrected chi connectivity index (χ1v) is 9.45. The molecule has 0 radical (unpaired) electrons. The van der Waals surface area contributed by atoms with Crippen LogP contribution in [-0.2, 0) is 4.74 Å². The molecule has 0 aliphatic rings. The minimum atomic E-state index is -0.345. The van der Waals surface area contributed by atoms with E-state index in [1.807, 2.05) is 37.4 Å². The van der Waals surface area contributed by atoms with Gasteiger partial charge in [0.15, 0.2) is 0 Å². The maximum Gasteiger partial charge on any atom is 0.338 e. The van der Waals surface area contributed by atoms with Gasteiger partial charge in [-0.15, -0.1) is 0 Å². The van der Waals surface area contributed by atoms with Crippen molar-refractivity contribution in [1.82, 2.24) is 0 Å². The standard InChI is InChI=1S/C23H21NO2S/c1-16-7-11-19(12-8-16)27-20-13-9-18(10-14-20)15-24-22-6-4-5-21(17(22)2)23(25)26-3/h4-15H,1-3H3. The summed E-state index contributed by atoms with van der Waals surface area (Å²) in [6.45, 7) is 3.96. The fraction of sp³-hybridized carbons (Fsp3) is 0.130. The SMILES string of the molecule is COC(=O)c1cccc(N=Cc2ccc(Sc3ccc(C)cc3)cc2)c1C. The fourth-order valence-electron chi connectivity index (χ4n) is 2.60. The molecule has 0 atom stereocenters. The summed E-state index contributed by atoms with van der Waals surface area (Å²) in [6.07, 6.45) is 1.81. The third kappa shape index (κ3) is 4.86. The van der Waals surface area contributed by atoms with Crippen LogP contribution in [0.4, 0.5) is 5.69 Å². The van der Waals surface area contributed by atoms with Gasteiger partial charge in [0.25, 0.3) is 0 Å². The molecule has 0 aliphatic carbocycles. The molecule has 0 spiro atoms. The zero-order valence-corrected chi connectivity index (χ0v) is 16.4. The number of benzene rings is 3. The lowest BCUT2D eigenvalue weighted by atomic mass is 10.1. The average Bonchev–Trinajstić information content (AvgIpc) is 2.69. The number of hydrogen-bond acceptors (Lipinski definition) is 4. The van der Waals surface area contributed by atoms with Crippen molar-refractivity contribution in [2.75, 3.05) is 7.11 Å². The van der Waals surface area contributed by atoms with Gasteiger partial charge in [-0.1, -0.05) is 47.7 Å². The zero-order valence-electron chi connectivity index (χ0n) is 15.6. The molecule has 4 heteroatoms. The number of methoxy groups -OCH3 is 1. The van der Waals surface area contributed by atoms with E-state index < -0.39 is 0 Å². The Balaban J connectivity index is 1.73. The summed E-state index contributed by atoms with van der Waals surface area (Å²) in [6, 6.07) is 22.2. The van der Waals surface area contributed by atoms with Crippen molar-refractivity contribution >= 4 is 29.6 Å². The van der Waals surface area contributed by atoms with E-state index in [9.17, 15) is 4.79 Å². The van der Waals surface area contributed by atoms with Crippen LogP contribution in [0.2, 0.25) is 0 Å². The second-order valence-electron chi connectivity index (χ2n) is 6.18. The van der Waals surface area contributed by atoms with Crippen LogP contribution in [0, 0.1) is 13.8 Å². The van der Waals surface area contributed by atoms with Crippen molar-refractivity contribution in [3.8, 4) is 0 Å². The molecule has 0 bridgehead atoms. The number of aryl methyl sites for hydroxylation is 1. The first kappa shape index (κ1) is 18.9. The molecular formula is C23H21NO2S. The van der Waals surface area contributed by atoms with Crippen molar-refractivity contribution in [1.29, 1.82) is 0 Å². The number of esters is 1. The van der Waals surface area contributed by atoms with Crippen LogP contribution in [0.1, 0.15) is 27.0 Å². The van der Waals surface area contributed by atoms with Crippen LogP contribution < -0.4 is 0 Å². The van der Waals surface area contributed by atoms with Crippen LogP contribution in [0.25, 0.3) is 0 Å². The Morgan fingerprint density at radius 3 is 2.19 bits per heavy atom. The highest BCUT2D eigenvalue weighted by atomic mass is 32.2. The molecular weight excluding hydrogens is 354 g/mol. The third-order valence-corrected chi connectivity index (χ3v) is 5.22. The summed E-state index contributed by atoms with van der Waals surface area (Å²) in [5, 5.41) is 0. The highest BCUT2D eigenvalue weighted by Crippen LogP contribution is 2.28. The largest absolute Gasteiger partial charge is 0.465 e. The highest BCUT2D eigenvalue weighted by Gasteiger charge is 2.10. The van der Waals surface area contributed by atoms with Gasteiger partial charge in [0.05, 0.1) is 18.4 Å². The molecule has 0 amide bonds. The quantitative estimate of drug-likeness (QED) is 0.406. The van der Waals surface area contributed by atoms with Gasteiger partial charge < -0.3 is 4.74 Å². The van der Waals surface area contributed by atoms with Gasteiger partial charge in [0, 0.05) is 16.0 Å². The molecule has 0 N–H and O–H groups in total. The van der Waals surface area contributed by atoms with Gasteiger partial charge in [-0.3, -0.25) is 4.99 Å². The number of carbonyl (C=O) groups excluding carboxylic acids is 1. The first-order chi connectivity index (χ1) is 13.1. The first-order valence-electron chi connectivity index (χ1n) is 8.63. The van der Waals surface area contributed by atoms with E-state index in [-0.39, 0.29) is 5.97 Å². The molecule has 3 aromatic carbocycles. The molecule has 0 saturated heterocycles. The Morgan fingerprint density at radius 2 is 1.56 bits per heavy atom. The molecule has 0 fully saturated rings. The van der Waals surface area contributed by atoms with Gasteiger partial charge in [0.2, 0.25) is 0 Å². The van der Waals surface area contributed by atoms with Gasteiger partial charge >= 0.3 is 5.97 Å². The minimum absolute atomic E-state index is 0.345. The van der Waals surface area contributed by atoms with Crippen molar-refractivity contribution in [2.45, 2.75) is 23.6 Å². The molecule has 0 unspecified atom stereocenters. The molecule has 0 saturated carbocycles. The van der Waals surface area contributed by atoms with E-state index in [0.29, 0.717) is 5.56 Å². The second kappa shape index (κ2) is 8.69. The predicted octanol–water partition coefficient (Wildman–Crippen LogP) is 5.99. The number of hydrogen-bond donors (Lipinski definition) is 0. The number of rotatable bonds is 5. The van der Waals surface area contributed by atoms with E-state index >= 15 is 0 Å². The molecule has 3 rings (SSSR count). The Bertz CT molecular complexity index is 961. The number of nitrogens with zero attached hydrogens (tertiary/aromatic N) is 1. The summed E-state index contributed by atoms with van der Waals surface area (Å²) in [4.78, 5) is 18.7. The molecule has 0 aromatic heterocycles. The topological polar surface area (TPSA) is 38.7 Å². The van der Waals surface area contributed by atoms with Crippen LogP contribution in [0.3, 0.4) is 0 Å². The van der Waals surface area contributed by atoms with E-state index in [4.69, 9.17) is 4.74 Å². The summed E-state index contributed by atoms with van der Waals surface area (Å²) in [5.41, 5.74) is 4.38. The lowest BCUT2D eigenvalue weighted by molar-refractivity contribution is 0.0600. The van der Waals surface area contributed by atoms with Gasteiger partial charge in [-0.2, -0.15) is 0 Å². The smallest absolute Gasteiger partial charge is 0.338 e. The molecule has 27 heavy (non-hydrogen) atoms. The monoisotopic (exact) mass is 375 g/mol.